The number of benzene rings is 2. The van der Waals surface area contributed by atoms with Gasteiger partial charge in [0.1, 0.15) is 11.6 Å². The van der Waals surface area contributed by atoms with Gasteiger partial charge >= 0.3 is 0 Å². The number of nitrogens with one attached hydrogen (secondary N) is 1. The maximum Gasteiger partial charge on any atom is 0.247 e. The summed E-state index contributed by atoms with van der Waals surface area (Å²) in [5.41, 5.74) is 3.23. The largest absolute Gasteiger partial charge is 0.496 e. The molecule has 0 unspecified atom stereocenters. The summed E-state index contributed by atoms with van der Waals surface area (Å²) >= 11 is 0. The Hall–Kier alpha value is -3.81. The number of anilines is 1. The molecule has 1 N–H and O–H groups in total. The summed E-state index contributed by atoms with van der Waals surface area (Å²) in [5, 5.41) is 3.12. The molecule has 0 bridgehead atoms. The van der Waals surface area contributed by atoms with Crippen molar-refractivity contribution in [1.29, 1.82) is 0 Å². The number of rotatable bonds is 7. The van der Waals surface area contributed by atoms with Gasteiger partial charge < -0.3 is 14.8 Å². The van der Waals surface area contributed by atoms with Crippen molar-refractivity contribution in [1.82, 2.24) is 19.9 Å². The van der Waals surface area contributed by atoms with E-state index in [0.29, 0.717) is 47.6 Å². The normalized spacial score (nSPS) is 10.8. The zero-order valence-corrected chi connectivity index (χ0v) is 16.6. The summed E-state index contributed by atoms with van der Waals surface area (Å²) in [6, 6.07) is 13.8. The van der Waals surface area contributed by atoms with Crippen molar-refractivity contribution in [2.24, 2.45) is 0 Å². The molecule has 152 valence electrons. The molecular weight excluding hydrogens is 385 g/mol. The fourth-order valence-electron chi connectivity index (χ4n) is 2.97. The lowest BCUT2D eigenvalue weighted by Gasteiger charge is -2.11. The van der Waals surface area contributed by atoms with E-state index in [4.69, 9.17) is 9.47 Å². The Morgan fingerprint density at radius 2 is 1.80 bits per heavy atom. The molecule has 30 heavy (non-hydrogen) atoms. The van der Waals surface area contributed by atoms with Crippen LogP contribution in [0.3, 0.4) is 0 Å². The van der Waals surface area contributed by atoms with Crippen molar-refractivity contribution >= 4 is 17.1 Å². The lowest BCUT2D eigenvalue weighted by atomic mass is 10.1. The van der Waals surface area contributed by atoms with Gasteiger partial charge in [-0.25, -0.2) is 14.4 Å². The summed E-state index contributed by atoms with van der Waals surface area (Å²) in [4.78, 5) is 18.0. The highest BCUT2D eigenvalue weighted by atomic mass is 19.1. The second kappa shape index (κ2) is 8.69. The summed E-state index contributed by atoms with van der Waals surface area (Å²) in [6.45, 7) is 2.73. The van der Waals surface area contributed by atoms with E-state index in [1.807, 2.05) is 31.2 Å². The molecule has 0 aliphatic carbocycles. The minimum absolute atomic E-state index is 0.277. The van der Waals surface area contributed by atoms with Gasteiger partial charge in [0.15, 0.2) is 11.2 Å². The standard InChI is InChI=1S/C22H20FN5O2/c1-3-30-21-19-20(24-13-17(26-19)16-6-4-5-7-18(16)29-2)27-22(28-21)25-12-14-8-10-15(23)11-9-14/h4-11,13H,3,12H2,1-2H3,(H,24,25,27,28). The van der Waals surface area contributed by atoms with Crippen LogP contribution in [-0.2, 0) is 6.54 Å². The number of fused-ring (bicyclic) bond motifs is 1. The van der Waals surface area contributed by atoms with Crippen LogP contribution in [0.2, 0.25) is 0 Å². The van der Waals surface area contributed by atoms with E-state index in [1.165, 1.54) is 12.1 Å². The van der Waals surface area contributed by atoms with Crippen molar-refractivity contribution in [3.05, 3.63) is 66.1 Å². The number of para-hydroxylation sites is 1. The summed E-state index contributed by atoms with van der Waals surface area (Å²) in [6.07, 6.45) is 1.65. The highest BCUT2D eigenvalue weighted by Gasteiger charge is 2.15. The molecule has 0 radical (unpaired) electrons. The Balaban J connectivity index is 1.69. The minimum atomic E-state index is -0.277. The third kappa shape index (κ3) is 4.12. The Morgan fingerprint density at radius 3 is 2.57 bits per heavy atom. The van der Waals surface area contributed by atoms with Crippen molar-refractivity contribution in [2.75, 3.05) is 19.0 Å². The van der Waals surface area contributed by atoms with E-state index >= 15 is 0 Å². The number of hydrogen-bond acceptors (Lipinski definition) is 7. The fraction of sp³-hybridized carbons (Fsp3) is 0.182. The average molecular weight is 405 g/mol. The molecular formula is C22H20FN5O2. The summed E-state index contributed by atoms with van der Waals surface area (Å²) in [7, 11) is 1.61. The lowest BCUT2D eigenvalue weighted by molar-refractivity contribution is 0.330. The first kappa shape index (κ1) is 19.5. The van der Waals surface area contributed by atoms with Crippen LogP contribution in [0.1, 0.15) is 12.5 Å². The number of halogens is 1. The monoisotopic (exact) mass is 405 g/mol. The van der Waals surface area contributed by atoms with Crippen molar-refractivity contribution in [3.63, 3.8) is 0 Å². The topological polar surface area (TPSA) is 82.0 Å². The van der Waals surface area contributed by atoms with E-state index in [1.54, 1.807) is 25.4 Å². The quantitative estimate of drug-likeness (QED) is 0.492. The first-order valence-electron chi connectivity index (χ1n) is 9.47. The van der Waals surface area contributed by atoms with Crippen LogP contribution >= 0.6 is 0 Å². The van der Waals surface area contributed by atoms with Crippen molar-refractivity contribution < 1.29 is 13.9 Å². The molecule has 0 atom stereocenters. The molecule has 2 heterocycles. The van der Waals surface area contributed by atoms with Gasteiger partial charge in [-0.1, -0.05) is 24.3 Å². The molecule has 7 nitrogen and oxygen atoms in total. The van der Waals surface area contributed by atoms with Gasteiger partial charge in [0.25, 0.3) is 0 Å². The Bertz CT molecular complexity index is 1170. The Morgan fingerprint density at radius 1 is 1.00 bits per heavy atom. The molecule has 0 spiro atoms. The van der Waals surface area contributed by atoms with E-state index in [0.717, 1.165) is 11.1 Å². The van der Waals surface area contributed by atoms with Crippen LogP contribution in [0.15, 0.2) is 54.7 Å². The van der Waals surface area contributed by atoms with Gasteiger partial charge in [-0.15, -0.1) is 0 Å². The van der Waals surface area contributed by atoms with Crippen LogP contribution in [0.4, 0.5) is 10.3 Å². The fourth-order valence-corrected chi connectivity index (χ4v) is 2.97. The van der Waals surface area contributed by atoms with E-state index in [2.05, 4.69) is 25.3 Å². The molecule has 2 aromatic heterocycles. The average Bonchev–Trinajstić information content (AvgIpc) is 2.78. The smallest absolute Gasteiger partial charge is 0.247 e. The van der Waals surface area contributed by atoms with E-state index in [-0.39, 0.29) is 5.82 Å². The Kier molecular flexibility index (Phi) is 5.65. The summed E-state index contributed by atoms with van der Waals surface area (Å²) < 4.78 is 24.2. The van der Waals surface area contributed by atoms with Crippen LogP contribution in [0.25, 0.3) is 22.4 Å². The van der Waals surface area contributed by atoms with Gasteiger partial charge in [-0.3, -0.25) is 0 Å². The number of nitrogens with zero attached hydrogens (tertiary/aromatic N) is 4. The second-order valence-corrected chi connectivity index (χ2v) is 6.39. The number of aromatic nitrogens is 4. The molecule has 4 aromatic rings. The van der Waals surface area contributed by atoms with Gasteiger partial charge in [0.2, 0.25) is 11.8 Å². The predicted octanol–water partition coefficient (Wildman–Crippen LogP) is 4.25. The zero-order valence-electron chi connectivity index (χ0n) is 16.6. The van der Waals surface area contributed by atoms with Crippen LogP contribution in [0, 0.1) is 5.82 Å². The molecule has 4 rings (SSSR count). The van der Waals surface area contributed by atoms with Crippen molar-refractivity contribution in [3.8, 4) is 22.9 Å². The molecule has 0 saturated heterocycles. The second-order valence-electron chi connectivity index (χ2n) is 6.39. The SMILES string of the molecule is CCOc1nc(NCc2ccc(F)cc2)nc2ncc(-c3ccccc3OC)nc12. The maximum absolute atomic E-state index is 13.1. The zero-order chi connectivity index (χ0) is 20.9. The maximum atomic E-state index is 13.1. The Labute approximate surface area is 173 Å². The number of hydrogen-bond donors (Lipinski definition) is 1. The molecule has 0 aliphatic heterocycles. The van der Waals surface area contributed by atoms with Gasteiger partial charge in [-0.05, 0) is 36.8 Å². The number of methoxy groups -OCH3 is 1. The number of ether oxygens (including phenoxy) is 2. The van der Waals surface area contributed by atoms with Crippen LogP contribution in [0.5, 0.6) is 11.6 Å². The van der Waals surface area contributed by atoms with E-state index < -0.39 is 0 Å². The first-order chi connectivity index (χ1) is 14.7. The van der Waals surface area contributed by atoms with Gasteiger partial charge in [-0.2, -0.15) is 9.97 Å². The molecule has 2 aromatic carbocycles. The molecule has 0 amide bonds. The summed E-state index contributed by atoms with van der Waals surface area (Å²) in [5.74, 6) is 1.12. The third-order valence-corrected chi connectivity index (χ3v) is 4.40. The third-order valence-electron chi connectivity index (χ3n) is 4.40. The minimum Gasteiger partial charge on any atom is -0.496 e. The molecule has 0 saturated carbocycles. The molecule has 8 heteroatoms. The highest BCUT2D eigenvalue weighted by Crippen LogP contribution is 2.30. The first-order valence-corrected chi connectivity index (χ1v) is 9.47. The molecule has 0 aliphatic rings. The predicted molar refractivity (Wildman–Crippen MR) is 112 cm³/mol. The van der Waals surface area contributed by atoms with Gasteiger partial charge in [0, 0.05) is 12.1 Å². The van der Waals surface area contributed by atoms with Crippen molar-refractivity contribution in [2.45, 2.75) is 13.5 Å². The lowest BCUT2D eigenvalue weighted by Crippen LogP contribution is -2.07. The van der Waals surface area contributed by atoms with E-state index in [9.17, 15) is 4.39 Å². The highest BCUT2D eigenvalue weighted by molar-refractivity contribution is 5.80. The van der Waals surface area contributed by atoms with Crippen LogP contribution in [-0.4, -0.2) is 33.7 Å². The molecule has 0 fully saturated rings. The van der Waals surface area contributed by atoms with Crippen LogP contribution < -0.4 is 14.8 Å². The van der Waals surface area contributed by atoms with Gasteiger partial charge in [0.05, 0.1) is 25.6 Å².